The Morgan fingerprint density at radius 2 is 2.06 bits per heavy atom. The molecule has 1 aromatic carbocycles. The Balaban J connectivity index is 3.29. The molecule has 0 bridgehead atoms. The van der Waals surface area contributed by atoms with Crippen LogP contribution in [0.2, 0.25) is 0 Å². The van der Waals surface area contributed by atoms with Gasteiger partial charge in [0, 0.05) is 4.90 Å². The number of alkyl halides is 3. The summed E-state index contributed by atoms with van der Waals surface area (Å²) < 4.78 is 36.5. The van der Waals surface area contributed by atoms with Gasteiger partial charge in [-0.1, -0.05) is 0 Å². The molecule has 0 unspecified atom stereocenters. The average molecular weight is 261 g/mol. The van der Waals surface area contributed by atoms with Crippen molar-refractivity contribution in [1.29, 1.82) is 5.26 Å². The number of aryl methyl sites for hydroxylation is 1. The van der Waals surface area contributed by atoms with Gasteiger partial charge >= 0.3 is 11.5 Å². The summed E-state index contributed by atoms with van der Waals surface area (Å²) >= 11 is -0.367. The van der Waals surface area contributed by atoms with E-state index < -0.39 is 11.5 Å². The topological polar surface area (TPSA) is 61.1 Å². The maximum Gasteiger partial charge on any atom is 0.446 e. The first-order valence-electron chi connectivity index (χ1n) is 4.28. The van der Waals surface area contributed by atoms with Crippen molar-refractivity contribution >= 4 is 17.7 Å². The smallest absolute Gasteiger partial charge is 0.446 e. The zero-order valence-corrected chi connectivity index (χ0v) is 9.32. The van der Waals surface area contributed by atoms with Crippen LogP contribution in [0.1, 0.15) is 21.5 Å². The summed E-state index contributed by atoms with van der Waals surface area (Å²) in [5.41, 5.74) is -4.88. The second-order valence-electron chi connectivity index (χ2n) is 3.13. The van der Waals surface area contributed by atoms with Gasteiger partial charge in [-0.3, -0.25) is 0 Å². The summed E-state index contributed by atoms with van der Waals surface area (Å²) in [5.74, 6) is -1.34. The van der Waals surface area contributed by atoms with E-state index in [9.17, 15) is 18.0 Å². The van der Waals surface area contributed by atoms with Crippen molar-refractivity contribution in [3.8, 4) is 6.07 Å². The second kappa shape index (κ2) is 4.67. The van der Waals surface area contributed by atoms with E-state index in [4.69, 9.17) is 10.4 Å². The monoisotopic (exact) mass is 261 g/mol. The van der Waals surface area contributed by atoms with E-state index >= 15 is 0 Å². The molecule has 0 spiro atoms. The van der Waals surface area contributed by atoms with E-state index in [-0.39, 0.29) is 33.3 Å². The Kier molecular flexibility index (Phi) is 3.68. The highest BCUT2D eigenvalue weighted by molar-refractivity contribution is 8.00. The third-order valence-corrected chi connectivity index (χ3v) is 2.78. The molecule has 0 saturated carbocycles. The third kappa shape index (κ3) is 3.39. The molecule has 7 heteroatoms. The molecule has 1 N–H and O–H groups in total. The lowest BCUT2D eigenvalue weighted by Crippen LogP contribution is -2.04. The second-order valence-corrected chi connectivity index (χ2v) is 4.23. The van der Waals surface area contributed by atoms with Crippen LogP contribution >= 0.6 is 11.8 Å². The number of nitriles is 1. The molecule has 1 aromatic rings. The van der Waals surface area contributed by atoms with Gasteiger partial charge in [0.05, 0.1) is 11.1 Å². The lowest BCUT2D eigenvalue weighted by molar-refractivity contribution is -0.0328. The molecule has 0 aliphatic carbocycles. The van der Waals surface area contributed by atoms with Crippen LogP contribution in [0.3, 0.4) is 0 Å². The van der Waals surface area contributed by atoms with Gasteiger partial charge in [-0.15, -0.1) is 0 Å². The van der Waals surface area contributed by atoms with Gasteiger partial charge in [0.2, 0.25) is 0 Å². The van der Waals surface area contributed by atoms with Gasteiger partial charge < -0.3 is 5.11 Å². The van der Waals surface area contributed by atoms with Gasteiger partial charge in [-0.25, -0.2) is 4.79 Å². The molecule has 3 nitrogen and oxygen atoms in total. The lowest BCUT2D eigenvalue weighted by Gasteiger charge is -2.10. The number of halogens is 3. The molecule has 0 atom stereocenters. The predicted octanol–water partition coefficient (Wildman–Crippen LogP) is 3.18. The highest BCUT2D eigenvalue weighted by Gasteiger charge is 2.30. The molecule has 0 aromatic heterocycles. The first-order chi connectivity index (χ1) is 7.74. The van der Waals surface area contributed by atoms with E-state index in [1.807, 2.05) is 0 Å². The maximum atomic E-state index is 12.2. The minimum absolute atomic E-state index is 0.168. The average Bonchev–Trinajstić information content (AvgIpc) is 2.18. The molecule has 0 radical (unpaired) electrons. The van der Waals surface area contributed by atoms with Crippen LogP contribution in [0.5, 0.6) is 0 Å². The summed E-state index contributed by atoms with van der Waals surface area (Å²) in [6.07, 6.45) is 0. The van der Waals surface area contributed by atoms with E-state index in [1.54, 1.807) is 6.07 Å². The van der Waals surface area contributed by atoms with Gasteiger partial charge in [-0.05, 0) is 36.4 Å². The summed E-state index contributed by atoms with van der Waals surface area (Å²) in [6, 6.07) is 3.57. The fraction of sp³-hybridized carbons (Fsp3) is 0.200. The third-order valence-electron chi connectivity index (χ3n) is 1.89. The quantitative estimate of drug-likeness (QED) is 0.830. The van der Waals surface area contributed by atoms with Crippen LogP contribution in [0, 0.1) is 18.3 Å². The number of hydrogen-bond acceptors (Lipinski definition) is 3. The van der Waals surface area contributed by atoms with Crippen LogP contribution in [0.25, 0.3) is 0 Å². The summed E-state index contributed by atoms with van der Waals surface area (Å²) in [5, 5.41) is 17.4. The van der Waals surface area contributed by atoms with Crippen molar-refractivity contribution in [1.82, 2.24) is 0 Å². The minimum atomic E-state index is -4.47. The predicted molar refractivity (Wildman–Crippen MR) is 54.8 cm³/mol. The van der Waals surface area contributed by atoms with Gasteiger partial charge in [0.25, 0.3) is 0 Å². The number of aromatic carboxylic acids is 1. The number of nitrogens with zero attached hydrogens (tertiary/aromatic N) is 1. The molecule has 0 aliphatic rings. The molecular weight excluding hydrogens is 255 g/mol. The van der Waals surface area contributed by atoms with Gasteiger partial charge in [0.15, 0.2) is 0 Å². The van der Waals surface area contributed by atoms with Crippen molar-refractivity contribution in [2.75, 3.05) is 0 Å². The van der Waals surface area contributed by atoms with Gasteiger partial charge in [0.1, 0.15) is 6.07 Å². The lowest BCUT2D eigenvalue weighted by atomic mass is 10.1. The van der Waals surface area contributed by atoms with E-state index in [0.29, 0.717) is 0 Å². The molecule has 17 heavy (non-hydrogen) atoms. The minimum Gasteiger partial charge on any atom is -0.478 e. The van der Waals surface area contributed by atoms with Crippen molar-refractivity contribution in [2.45, 2.75) is 17.3 Å². The van der Waals surface area contributed by atoms with Crippen molar-refractivity contribution in [3.05, 3.63) is 28.8 Å². The molecule has 90 valence electrons. The SMILES string of the molecule is Cc1cc(C(=O)O)c(C#N)cc1SC(F)(F)F. The van der Waals surface area contributed by atoms with E-state index in [0.717, 1.165) is 12.1 Å². The number of rotatable bonds is 2. The Hall–Kier alpha value is -1.68. The Morgan fingerprint density at radius 1 is 1.47 bits per heavy atom. The Morgan fingerprint density at radius 3 is 2.47 bits per heavy atom. The zero-order valence-electron chi connectivity index (χ0n) is 8.50. The van der Waals surface area contributed by atoms with Crippen molar-refractivity contribution in [3.63, 3.8) is 0 Å². The molecule has 1 rings (SSSR count). The first-order valence-corrected chi connectivity index (χ1v) is 5.10. The number of carboxylic acid groups (broad SMARTS) is 1. The van der Waals surface area contributed by atoms with Gasteiger partial charge in [-0.2, -0.15) is 18.4 Å². The maximum absolute atomic E-state index is 12.2. The molecule has 0 aliphatic heterocycles. The van der Waals surface area contributed by atoms with Crippen molar-refractivity contribution < 1.29 is 23.1 Å². The first kappa shape index (κ1) is 13.4. The van der Waals surface area contributed by atoms with Crippen LogP contribution < -0.4 is 0 Å². The van der Waals surface area contributed by atoms with Crippen LogP contribution in [0.4, 0.5) is 13.2 Å². The fourth-order valence-corrected chi connectivity index (χ4v) is 1.84. The van der Waals surface area contributed by atoms with E-state index in [2.05, 4.69) is 0 Å². The fourth-order valence-electron chi connectivity index (χ4n) is 1.19. The summed E-state index contributed by atoms with van der Waals surface area (Å²) in [7, 11) is 0. The molecule has 0 fully saturated rings. The zero-order chi connectivity index (χ0) is 13.2. The number of carboxylic acids is 1. The standard InChI is InChI=1S/C10H6F3NO2S/c1-5-2-7(9(15)16)6(4-14)3-8(5)17-10(11,12)13/h2-3H,1H3,(H,15,16). The van der Waals surface area contributed by atoms with Crippen LogP contribution in [-0.2, 0) is 0 Å². The molecule has 0 saturated heterocycles. The van der Waals surface area contributed by atoms with E-state index in [1.165, 1.54) is 6.92 Å². The number of thioether (sulfide) groups is 1. The molecule has 0 heterocycles. The van der Waals surface area contributed by atoms with Crippen molar-refractivity contribution in [2.24, 2.45) is 0 Å². The number of carbonyl (C=O) groups is 1. The van der Waals surface area contributed by atoms with Crippen LogP contribution in [-0.4, -0.2) is 16.6 Å². The largest absolute Gasteiger partial charge is 0.478 e. The van der Waals surface area contributed by atoms with Crippen LogP contribution in [0.15, 0.2) is 17.0 Å². The summed E-state index contributed by atoms with van der Waals surface area (Å²) in [6.45, 7) is 1.36. The highest BCUT2D eigenvalue weighted by atomic mass is 32.2. The Bertz CT molecular complexity index is 505. The number of benzene rings is 1. The summed E-state index contributed by atoms with van der Waals surface area (Å²) in [4.78, 5) is 10.6. The Labute approximate surface area is 98.9 Å². The normalized spacial score (nSPS) is 11.0. The molecule has 0 amide bonds. The molecular formula is C10H6F3NO2S. The highest BCUT2D eigenvalue weighted by Crippen LogP contribution is 2.39. The number of hydrogen-bond donors (Lipinski definition) is 1.